The highest BCUT2D eigenvalue weighted by Crippen LogP contribution is 2.32. The van der Waals surface area contributed by atoms with Crippen molar-refractivity contribution >= 4 is 27.5 Å². The molecule has 0 aliphatic heterocycles. The van der Waals surface area contributed by atoms with Crippen molar-refractivity contribution in [3.8, 4) is 16.8 Å². The van der Waals surface area contributed by atoms with Gasteiger partial charge < -0.3 is 5.73 Å². The standard InChI is InChI=1S/C25H16F3N3O/c26-25(27,28)18-2-1-3-20(13-18)31-23(32)11-7-17-14-30-22-10-6-16(12-21(22)24(17)31)15-4-8-19(29)9-5-15/h1-14H,29H2. The number of hydrogen-bond donors (Lipinski definition) is 1. The molecule has 5 rings (SSSR count). The smallest absolute Gasteiger partial charge is 0.399 e. The van der Waals surface area contributed by atoms with E-state index in [9.17, 15) is 18.0 Å². The third kappa shape index (κ3) is 3.37. The minimum absolute atomic E-state index is 0.140. The molecule has 3 aromatic carbocycles. The average Bonchev–Trinajstić information content (AvgIpc) is 2.78. The molecule has 0 unspecified atom stereocenters. The molecule has 0 aliphatic carbocycles. The number of pyridine rings is 2. The number of hydrogen-bond acceptors (Lipinski definition) is 3. The van der Waals surface area contributed by atoms with Crippen LogP contribution in [0.5, 0.6) is 0 Å². The van der Waals surface area contributed by atoms with Gasteiger partial charge in [0.2, 0.25) is 0 Å². The zero-order valence-electron chi connectivity index (χ0n) is 16.6. The summed E-state index contributed by atoms with van der Waals surface area (Å²) < 4.78 is 41.2. The second-order valence-corrected chi connectivity index (χ2v) is 7.47. The molecule has 158 valence electrons. The molecule has 2 N–H and O–H groups in total. The number of fused-ring (bicyclic) bond motifs is 3. The van der Waals surface area contributed by atoms with Gasteiger partial charge in [-0.05, 0) is 59.7 Å². The molecule has 32 heavy (non-hydrogen) atoms. The van der Waals surface area contributed by atoms with Crippen molar-refractivity contribution in [1.29, 1.82) is 0 Å². The fourth-order valence-corrected chi connectivity index (χ4v) is 3.84. The summed E-state index contributed by atoms with van der Waals surface area (Å²) in [6, 6.07) is 20.7. The van der Waals surface area contributed by atoms with Gasteiger partial charge in [0, 0.05) is 34.4 Å². The molecule has 4 nitrogen and oxygen atoms in total. The molecule has 0 atom stereocenters. The van der Waals surface area contributed by atoms with Gasteiger partial charge >= 0.3 is 6.18 Å². The van der Waals surface area contributed by atoms with Crippen molar-refractivity contribution in [2.45, 2.75) is 6.18 Å². The van der Waals surface area contributed by atoms with E-state index in [1.54, 1.807) is 24.4 Å². The Morgan fingerprint density at radius 3 is 2.34 bits per heavy atom. The first-order valence-electron chi connectivity index (χ1n) is 9.79. The number of rotatable bonds is 2. The van der Waals surface area contributed by atoms with Gasteiger partial charge in [0.25, 0.3) is 5.56 Å². The van der Waals surface area contributed by atoms with Crippen LogP contribution in [0.1, 0.15) is 5.56 Å². The summed E-state index contributed by atoms with van der Waals surface area (Å²) in [4.78, 5) is 17.3. The van der Waals surface area contributed by atoms with Crippen molar-refractivity contribution < 1.29 is 13.2 Å². The zero-order chi connectivity index (χ0) is 22.5. The van der Waals surface area contributed by atoms with Gasteiger partial charge in [-0.3, -0.25) is 14.3 Å². The van der Waals surface area contributed by atoms with Gasteiger partial charge in [-0.15, -0.1) is 0 Å². The average molecular weight is 431 g/mol. The molecule has 0 radical (unpaired) electrons. The van der Waals surface area contributed by atoms with Crippen LogP contribution in [0.3, 0.4) is 0 Å². The number of nitrogen functional groups attached to an aromatic ring is 1. The lowest BCUT2D eigenvalue weighted by atomic mass is 10.0. The molecule has 0 saturated carbocycles. The minimum Gasteiger partial charge on any atom is -0.399 e. The third-order valence-electron chi connectivity index (χ3n) is 5.39. The van der Waals surface area contributed by atoms with Crippen molar-refractivity contribution in [3.63, 3.8) is 0 Å². The van der Waals surface area contributed by atoms with Crippen LogP contribution in [0.15, 0.2) is 89.9 Å². The number of benzene rings is 3. The molecule has 7 heteroatoms. The fraction of sp³-hybridized carbons (Fsp3) is 0.0400. The Morgan fingerprint density at radius 1 is 0.844 bits per heavy atom. The van der Waals surface area contributed by atoms with Crippen LogP contribution in [-0.2, 0) is 6.18 Å². The third-order valence-corrected chi connectivity index (χ3v) is 5.39. The van der Waals surface area contributed by atoms with E-state index in [1.165, 1.54) is 22.8 Å². The lowest BCUT2D eigenvalue weighted by molar-refractivity contribution is -0.137. The van der Waals surface area contributed by atoms with E-state index in [0.29, 0.717) is 27.5 Å². The second kappa shape index (κ2) is 7.23. The highest BCUT2D eigenvalue weighted by molar-refractivity contribution is 6.05. The molecule has 0 bridgehead atoms. The lowest BCUT2D eigenvalue weighted by Gasteiger charge is -2.15. The van der Waals surface area contributed by atoms with E-state index >= 15 is 0 Å². The van der Waals surface area contributed by atoms with E-state index in [0.717, 1.165) is 23.3 Å². The predicted octanol–water partition coefficient (Wildman–Crippen LogP) is 5.81. The maximum Gasteiger partial charge on any atom is 0.416 e. The first kappa shape index (κ1) is 19.8. The van der Waals surface area contributed by atoms with E-state index in [2.05, 4.69) is 4.98 Å². The number of anilines is 1. The Bertz CT molecular complexity index is 1540. The normalized spacial score (nSPS) is 11.8. The summed E-state index contributed by atoms with van der Waals surface area (Å²) >= 11 is 0. The molecule has 0 saturated heterocycles. The van der Waals surface area contributed by atoms with E-state index in [4.69, 9.17) is 5.73 Å². The van der Waals surface area contributed by atoms with Gasteiger partial charge in [0.15, 0.2) is 0 Å². The van der Waals surface area contributed by atoms with Crippen molar-refractivity contribution in [1.82, 2.24) is 9.55 Å². The second-order valence-electron chi connectivity index (χ2n) is 7.47. The summed E-state index contributed by atoms with van der Waals surface area (Å²) in [5.74, 6) is 0. The number of nitrogens with two attached hydrogens (primary N) is 1. The highest BCUT2D eigenvalue weighted by atomic mass is 19.4. The molecule has 2 heterocycles. The maximum atomic E-state index is 13.3. The number of alkyl halides is 3. The first-order chi connectivity index (χ1) is 15.3. The van der Waals surface area contributed by atoms with Crippen LogP contribution in [0.25, 0.3) is 38.6 Å². The number of aromatic nitrogens is 2. The van der Waals surface area contributed by atoms with E-state index in [1.807, 2.05) is 30.3 Å². The zero-order valence-corrected chi connectivity index (χ0v) is 16.6. The molecular formula is C25H16F3N3O. The monoisotopic (exact) mass is 431 g/mol. The number of nitrogens with zero attached hydrogens (tertiary/aromatic N) is 2. The van der Waals surface area contributed by atoms with Gasteiger partial charge in [0.1, 0.15) is 0 Å². The fourth-order valence-electron chi connectivity index (χ4n) is 3.84. The van der Waals surface area contributed by atoms with Gasteiger partial charge in [-0.25, -0.2) is 0 Å². The highest BCUT2D eigenvalue weighted by Gasteiger charge is 2.30. The first-order valence-corrected chi connectivity index (χ1v) is 9.79. The number of halogens is 3. The lowest BCUT2D eigenvalue weighted by Crippen LogP contribution is -2.18. The largest absolute Gasteiger partial charge is 0.416 e. The Hall–Kier alpha value is -4.13. The molecule has 5 aromatic rings. The molecular weight excluding hydrogens is 415 g/mol. The molecule has 0 aliphatic rings. The van der Waals surface area contributed by atoms with Crippen LogP contribution in [0.2, 0.25) is 0 Å². The maximum absolute atomic E-state index is 13.3. The van der Waals surface area contributed by atoms with Crippen LogP contribution in [0, 0.1) is 0 Å². The minimum atomic E-state index is -4.52. The van der Waals surface area contributed by atoms with Crippen LogP contribution in [0.4, 0.5) is 18.9 Å². The van der Waals surface area contributed by atoms with Gasteiger partial charge in [-0.1, -0.05) is 24.3 Å². The van der Waals surface area contributed by atoms with Crippen molar-refractivity contribution in [2.75, 3.05) is 5.73 Å². The topological polar surface area (TPSA) is 60.9 Å². The molecule has 2 aromatic heterocycles. The Morgan fingerprint density at radius 2 is 1.59 bits per heavy atom. The molecule has 0 fully saturated rings. The van der Waals surface area contributed by atoms with Crippen LogP contribution in [-0.4, -0.2) is 9.55 Å². The summed E-state index contributed by atoms with van der Waals surface area (Å²) in [6.45, 7) is 0. The predicted molar refractivity (Wildman–Crippen MR) is 120 cm³/mol. The summed E-state index contributed by atoms with van der Waals surface area (Å²) in [6.07, 6.45) is -2.90. The van der Waals surface area contributed by atoms with Crippen LogP contribution >= 0.6 is 0 Å². The van der Waals surface area contributed by atoms with Gasteiger partial charge in [0.05, 0.1) is 16.6 Å². The van der Waals surface area contributed by atoms with E-state index in [-0.39, 0.29) is 5.69 Å². The van der Waals surface area contributed by atoms with Crippen molar-refractivity contribution in [3.05, 3.63) is 101 Å². The molecule has 0 amide bonds. The summed E-state index contributed by atoms with van der Waals surface area (Å²) in [5.41, 5.74) is 8.23. The Kier molecular flexibility index (Phi) is 4.48. The Balaban J connectivity index is 1.84. The summed E-state index contributed by atoms with van der Waals surface area (Å²) in [5, 5.41) is 1.30. The quantitative estimate of drug-likeness (QED) is 0.284. The van der Waals surface area contributed by atoms with Gasteiger partial charge in [-0.2, -0.15) is 13.2 Å². The molecule has 0 spiro atoms. The SMILES string of the molecule is Nc1ccc(-c2ccc3ncc4ccc(=O)n(-c5cccc(C(F)(F)F)c5)c4c3c2)cc1. The van der Waals surface area contributed by atoms with E-state index < -0.39 is 17.3 Å². The summed E-state index contributed by atoms with van der Waals surface area (Å²) in [7, 11) is 0. The van der Waals surface area contributed by atoms with Crippen LogP contribution < -0.4 is 11.3 Å². The van der Waals surface area contributed by atoms with Crippen molar-refractivity contribution in [2.24, 2.45) is 0 Å². The Labute approximate surface area is 180 Å².